The average molecular weight is 244 g/mol. The molecule has 0 spiro atoms. The van der Waals surface area contributed by atoms with Gasteiger partial charge in [-0.2, -0.15) is 0 Å². The molecule has 0 saturated carbocycles. The van der Waals surface area contributed by atoms with Gasteiger partial charge in [-0.1, -0.05) is 0 Å². The molecule has 1 saturated heterocycles. The Morgan fingerprint density at radius 1 is 1.25 bits per heavy atom. The Morgan fingerprint density at radius 2 is 1.88 bits per heavy atom. The molecule has 2 rings (SSSR count). The maximum Gasteiger partial charge on any atom is 0.153 e. The van der Waals surface area contributed by atoms with Crippen molar-refractivity contribution in [3.8, 4) is 0 Å². The van der Waals surface area contributed by atoms with Crippen LogP contribution in [0.25, 0.3) is 0 Å². The van der Waals surface area contributed by atoms with Crippen LogP contribution in [0.5, 0.6) is 0 Å². The van der Waals surface area contributed by atoms with Crippen molar-refractivity contribution in [1.29, 1.82) is 0 Å². The fraction of sp³-hybridized carbons (Fsp3) is 0.400. The van der Waals surface area contributed by atoms with E-state index < -0.39 is 15.7 Å². The minimum Gasteiger partial charge on any atom is -0.399 e. The topological polar surface area (TPSA) is 63.4 Å². The van der Waals surface area contributed by atoms with Crippen LogP contribution in [0, 0.1) is 5.82 Å². The number of benzene rings is 1. The van der Waals surface area contributed by atoms with Crippen molar-refractivity contribution in [3.63, 3.8) is 0 Å². The average Bonchev–Trinajstić information content (AvgIpc) is 2.19. The first kappa shape index (κ1) is 11.2. The number of hydrogen-bond acceptors (Lipinski definition) is 4. The second kappa shape index (κ2) is 3.93. The molecule has 0 amide bonds. The Morgan fingerprint density at radius 3 is 2.44 bits per heavy atom. The largest absolute Gasteiger partial charge is 0.399 e. The fourth-order valence-electron chi connectivity index (χ4n) is 1.73. The summed E-state index contributed by atoms with van der Waals surface area (Å²) in [6, 6.07) is 4.45. The van der Waals surface area contributed by atoms with Crippen molar-refractivity contribution in [2.24, 2.45) is 0 Å². The number of anilines is 2. The van der Waals surface area contributed by atoms with Crippen molar-refractivity contribution in [2.75, 3.05) is 35.2 Å². The van der Waals surface area contributed by atoms with Gasteiger partial charge in [-0.25, -0.2) is 12.8 Å². The normalized spacial score (nSPS) is 19.7. The monoisotopic (exact) mass is 244 g/mol. The predicted molar refractivity (Wildman–Crippen MR) is 61.7 cm³/mol. The van der Waals surface area contributed by atoms with Gasteiger partial charge in [0.25, 0.3) is 0 Å². The van der Waals surface area contributed by atoms with E-state index >= 15 is 0 Å². The summed E-state index contributed by atoms with van der Waals surface area (Å²) in [6.45, 7) is 0.673. The summed E-state index contributed by atoms with van der Waals surface area (Å²) in [6.07, 6.45) is 0. The van der Waals surface area contributed by atoms with E-state index in [1.165, 1.54) is 6.07 Å². The first-order chi connectivity index (χ1) is 7.48. The highest BCUT2D eigenvalue weighted by molar-refractivity contribution is 7.91. The summed E-state index contributed by atoms with van der Waals surface area (Å²) < 4.78 is 36.0. The molecule has 4 nitrogen and oxygen atoms in total. The van der Waals surface area contributed by atoms with Gasteiger partial charge in [-0.05, 0) is 18.2 Å². The van der Waals surface area contributed by atoms with E-state index in [0.717, 1.165) is 0 Å². The zero-order chi connectivity index (χ0) is 11.8. The number of sulfone groups is 1. The van der Waals surface area contributed by atoms with Crippen LogP contribution < -0.4 is 10.6 Å². The molecule has 0 aliphatic carbocycles. The van der Waals surface area contributed by atoms with Gasteiger partial charge in [0.05, 0.1) is 17.2 Å². The van der Waals surface area contributed by atoms with Crippen LogP contribution in [-0.4, -0.2) is 33.0 Å². The van der Waals surface area contributed by atoms with E-state index in [0.29, 0.717) is 24.5 Å². The number of rotatable bonds is 1. The van der Waals surface area contributed by atoms with Gasteiger partial charge in [-0.15, -0.1) is 0 Å². The summed E-state index contributed by atoms with van der Waals surface area (Å²) in [5.41, 5.74) is 6.23. The highest BCUT2D eigenvalue weighted by Gasteiger charge is 2.23. The highest BCUT2D eigenvalue weighted by atomic mass is 32.2. The Hall–Kier alpha value is -1.30. The number of nitrogen functional groups attached to an aromatic ring is 1. The molecule has 0 unspecified atom stereocenters. The van der Waals surface area contributed by atoms with Gasteiger partial charge in [0.1, 0.15) is 5.82 Å². The number of nitrogens with zero attached hydrogens (tertiary/aromatic N) is 1. The van der Waals surface area contributed by atoms with Gasteiger partial charge in [0.2, 0.25) is 0 Å². The number of hydrogen-bond donors (Lipinski definition) is 1. The molecule has 0 atom stereocenters. The number of nitrogens with two attached hydrogens (primary N) is 1. The second-order valence-corrected chi connectivity index (χ2v) is 6.15. The Bertz CT molecular complexity index is 488. The van der Waals surface area contributed by atoms with Gasteiger partial charge in [-0.3, -0.25) is 0 Å². The molecule has 1 aromatic carbocycles. The lowest BCUT2D eigenvalue weighted by molar-refractivity contribution is 0.582. The van der Waals surface area contributed by atoms with Gasteiger partial charge in [0, 0.05) is 18.8 Å². The van der Waals surface area contributed by atoms with Crippen molar-refractivity contribution in [1.82, 2.24) is 0 Å². The van der Waals surface area contributed by atoms with Gasteiger partial charge >= 0.3 is 0 Å². The molecule has 6 heteroatoms. The third kappa shape index (κ3) is 2.27. The summed E-state index contributed by atoms with van der Waals surface area (Å²) in [5.74, 6) is -0.243. The first-order valence-corrected chi connectivity index (χ1v) is 6.80. The molecule has 1 aliphatic heterocycles. The molecular weight excluding hydrogens is 231 g/mol. The Kier molecular flexibility index (Phi) is 2.75. The predicted octanol–water partition coefficient (Wildman–Crippen LogP) is 0.643. The van der Waals surface area contributed by atoms with Crippen LogP contribution in [-0.2, 0) is 9.84 Å². The summed E-state index contributed by atoms with van der Waals surface area (Å²) in [7, 11) is -2.93. The van der Waals surface area contributed by atoms with E-state index in [4.69, 9.17) is 5.73 Å². The van der Waals surface area contributed by atoms with Gasteiger partial charge < -0.3 is 10.6 Å². The van der Waals surface area contributed by atoms with Crippen molar-refractivity contribution >= 4 is 21.2 Å². The lowest BCUT2D eigenvalue weighted by Crippen LogP contribution is -2.40. The van der Waals surface area contributed by atoms with E-state index in [1.807, 2.05) is 0 Å². The molecule has 1 aliphatic rings. The van der Waals surface area contributed by atoms with Crippen molar-refractivity contribution in [2.45, 2.75) is 0 Å². The van der Waals surface area contributed by atoms with Crippen LogP contribution in [0.1, 0.15) is 0 Å². The maximum atomic E-state index is 13.6. The smallest absolute Gasteiger partial charge is 0.153 e. The Balaban J connectivity index is 2.20. The third-order valence-corrected chi connectivity index (χ3v) is 4.27. The molecule has 1 aromatic rings. The van der Waals surface area contributed by atoms with E-state index in [9.17, 15) is 12.8 Å². The molecule has 1 heterocycles. The van der Waals surface area contributed by atoms with E-state index in [-0.39, 0.29) is 11.5 Å². The van der Waals surface area contributed by atoms with Gasteiger partial charge in [0.15, 0.2) is 9.84 Å². The molecule has 1 fully saturated rings. The molecule has 88 valence electrons. The molecule has 0 radical (unpaired) electrons. The highest BCUT2D eigenvalue weighted by Crippen LogP contribution is 2.23. The summed E-state index contributed by atoms with van der Waals surface area (Å²) in [4.78, 5) is 1.73. The van der Waals surface area contributed by atoms with Crippen LogP contribution in [0.2, 0.25) is 0 Å². The van der Waals surface area contributed by atoms with Crippen molar-refractivity contribution in [3.05, 3.63) is 24.0 Å². The quantitative estimate of drug-likeness (QED) is 0.736. The van der Waals surface area contributed by atoms with Crippen molar-refractivity contribution < 1.29 is 12.8 Å². The van der Waals surface area contributed by atoms with Crippen LogP contribution in [0.15, 0.2) is 18.2 Å². The molecule has 2 N–H and O–H groups in total. The maximum absolute atomic E-state index is 13.6. The lowest BCUT2D eigenvalue weighted by atomic mass is 10.2. The SMILES string of the molecule is Nc1ccc(N2CCS(=O)(=O)CC2)c(F)c1. The van der Waals surface area contributed by atoms with Crippen LogP contribution in [0.4, 0.5) is 15.8 Å². The summed E-state index contributed by atoms with van der Waals surface area (Å²) in [5, 5.41) is 0. The van der Waals surface area contributed by atoms with Crippen LogP contribution >= 0.6 is 0 Å². The van der Waals surface area contributed by atoms with E-state index in [1.54, 1.807) is 17.0 Å². The second-order valence-electron chi connectivity index (χ2n) is 3.85. The lowest BCUT2D eigenvalue weighted by Gasteiger charge is -2.29. The third-order valence-electron chi connectivity index (χ3n) is 2.66. The summed E-state index contributed by atoms with van der Waals surface area (Å²) >= 11 is 0. The van der Waals surface area contributed by atoms with Crippen LogP contribution in [0.3, 0.4) is 0 Å². The minimum absolute atomic E-state index is 0.0802. The zero-order valence-corrected chi connectivity index (χ0v) is 9.50. The molecular formula is C10H13FN2O2S. The fourth-order valence-corrected chi connectivity index (χ4v) is 2.93. The molecule has 16 heavy (non-hydrogen) atoms. The Labute approximate surface area is 93.8 Å². The first-order valence-electron chi connectivity index (χ1n) is 4.98. The zero-order valence-electron chi connectivity index (χ0n) is 8.69. The molecule has 0 aromatic heterocycles. The molecule has 0 bridgehead atoms. The standard InChI is InChI=1S/C10H13FN2O2S/c11-9-7-8(12)1-2-10(9)13-3-5-16(14,15)6-4-13/h1-2,7H,3-6,12H2. The minimum atomic E-state index is -2.93. The number of halogens is 1. The van der Waals surface area contributed by atoms with E-state index in [2.05, 4.69) is 0 Å².